The largest absolute Gasteiger partial charge is 0.507 e. The Hall–Kier alpha value is -2.07. The van der Waals surface area contributed by atoms with Gasteiger partial charge in [0, 0.05) is 5.56 Å². The van der Waals surface area contributed by atoms with Gasteiger partial charge in [-0.1, -0.05) is 29.4 Å². The van der Waals surface area contributed by atoms with E-state index in [1.165, 1.54) is 11.1 Å². The van der Waals surface area contributed by atoms with Crippen molar-refractivity contribution < 1.29 is 19.7 Å². The van der Waals surface area contributed by atoms with E-state index in [0.29, 0.717) is 36.0 Å². The van der Waals surface area contributed by atoms with Gasteiger partial charge in [-0.05, 0) is 122 Å². The zero-order chi connectivity index (χ0) is 25.2. The number of benzene rings is 1. The first-order valence-electron chi connectivity index (χ1n) is 12.2. The molecule has 0 amide bonds. The summed E-state index contributed by atoms with van der Waals surface area (Å²) in [6.45, 7) is 13.0. The fraction of sp³-hybridized carbons (Fsp3) is 0.586. The highest BCUT2D eigenvalue weighted by Crippen LogP contribution is 2.37. The molecule has 0 unspecified atom stereocenters. The van der Waals surface area contributed by atoms with Crippen molar-refractivity contribution in [3.05, 3.63) is 57.2 Å². The lowest BCUT2D eigenvalue weighted by Crippen LogP contribution is -2.24. The minimum Gasteiger partial charge on any atom is -0.507 e. The predicted octanol–water partition coefficient (Wildman–Crippen LogP) is 7.86. The Morgan fingerprint density at radius 1 is 0.758 bits per heavy atom. The monoisotopic (exact) mass is 460 g/mol. The Morgan fingerprint density at radius 3 is 1.79 bits per heavy atom. The van der Waals surface area contributed by atoms with Crippen molar-refractivity contribution in [3.8, 4) is 11.5 Å². The average molecular weight is 461 g/mol. The van der Waals surface area contributed by atoms with Crippen LogP contribution in [0.1, 0.15) is 94.9 Å². The Balaban J connectivity index is 2.51. The van der Waals surface area contributed by atoms with Crippen molar-refractivity contribution in [2.24, 2.45) is 0 Å². The summed E-state index contributed by atoms with van der Waals surface area (Å²) in [5.74, 6) is 0.459. The first-order valence-corrected chi connectivity index (χ1v) is 12.2. The number of halogens is 1. The maximum absolute atomic E-state index is 12.4. The molecule has 0 fully saturated rings. The molecule has 0 aliphatic carbocycles. The molecular weight excluding hydrogens is 415 g/mol. The Labute approximate surface area is 200 Å². The number of phenols is 2. The molecule has 33 heavy (non-hydrogen) atoms. The summed E-state index contributed by atoms with van der Waals surface area (Å²) in [4.78, 5) is 0. The predicted molar refractivity (Wildman–Crippen MR) is 138 cm³/mol. The third kappa shape index (κ3) is 9.75. The molecule has 0 spiro atoms. The first kappa shape index (κ1) is 29.0. The van der Waals surface area contributed by atoms with Crippen LogP contribution in [0.25, 0.3) is 0 Å². The molecule has 3 N–H and O–H groups in total. The molecule has 0 bridgehead atoms. The fourth-order valence-electron chi connectivity index (χ4n) is 3.99. The Bertz CT molecular complexity index is 846. The highest BCUT2D eigenvalue weighted by Gasteiger charge is 2.23. The second-order valence-electron chi connectivity index (χ2n) is 9.95. The van der Waals surface area contributed by atoms with Crippen LogP contribution in [0.4, 0.5) is 4.39 Å². The molecular formula is C29H45FO3. The van der Waals surface area contributed by atoms with Crippen LogP contribution in [-0.4, -0.2) is 27.6 Å². The summed E-state index contributed by atoms with van der Waals surface area (Å²) in [6, 6.07) is 0. The van der Waals surface area contributed by atoms with E-state index in [4.69, 9.17) is 0 Å². The number of hydrogen-bond acceptors (Lipinski definition) is 3. The highest BCUT2D eigenvalue weighted by atomic mass is 19.1. The van der Waals surface area contributed by atoms with Crippen LogP contribution in [-0.2, 0) is 6.42 Å². The third-order valence-electron chi connectivity index (χ3n) is 6.73. The normalized spacial score (nSPS) is 15.1. The van der Waals surface area contributed by atoms with Gasteiger partial charge < -0.3 is 15.3 Å². The second-order valence-corrected chi connectivity index (χ2v) is 9.95. The van der Waals surface area contributed by atoms with Crippen molar-refractivity contribution in [1.82, 2.24) is 0 Å². The van der Waals surface area contributed by atoms with Crippen LogP contribution in [0.3, 0.4) is 0 Å². The average Bonchev–Trinajstić information content (AvgIpc) is 2.76. The minimum absolute atomic E-state index is 0.228. The molecule has 0 aromatic heterocycles. The molecule has 3 nitrogen and oxygen atoms in total. The van der Waals surface area contributed by atoms with Gasteiger partial charge in [0.05, 0.1) is 5.60 Å². The fourth-order valence-corrected chi connectivity index (χ4v) is 3.99. The summed E-state index contributed by atoms with van der Waals surface area (Å²) >= 11 is 0. The summed E-state index contributed by atoms with van der Waals surface area (Å²) in [5, 5.41) is 31.7. The van der Waals surface area contributed by atoms with E-state index in [-0.39, 0.29) is 18.2 Å². The van der Waals surface area contributed by atoms with Crippen LogP contribution in [0.2, 0.25) is 0 Å². The molecule has 1 atom stereocenters. The Morgan fingerprint density at radius 2 is 1.24 bits per heavy atom. The molecule has 1 aromatic carbocycles. The zero-order valence-corrected chi connectivity index (χ0v) is 21.8. The van der Waals surface area contributed by atoms with Gasteiger partial charge in [0.2, 0.25) is 0 Å². The second kappa shape index (κ2) is 13.6. The lowest BCUT2D eigenvalue weighted by molar-refractivity contribution is 0.0431. The van der Waals surface area contributed by atoms with Gasteiger partial charge >= 0.3 is 0 Å². The SMILES string of the molecule is C/C(=C\CC/C(C)=C/CC/C(C)=C/CC[C@@](C)(O)CCc1c(C)c(O)c(C)c(C)c1O)CF. The number of alkyl halides is 1. The number of allylic oxidation sites excluding steroid dienone is 6. The zero-order valence-electron chi connectivity index (χ0n) is 21.8. The summed E-state index contributed by atoms with van der Waals surface area (Å²) in [6.07, 6.45) is 12.8. The molecule has 0 heterocycles. The van der Waals surface area contributed by atoms with Gasteiger partial charge in [-0.3, -0.25) is 0 Å². The number of aromatic hydroxyl groups is 2. The topological polar surface area (TPSA) is 60.7 Å². The maximum Gasteiger partial charge on any atom is 0.122 e. The van der Waals surface area contributed by atoms with Crippen molar-refractivity contribution >= 4 is 0 Å². The van der Waals surface area contributed by atoms with Crippen LogP contribution in [0, 0.1) is 20.8 Å². The molecule has 1 aromatic rings. The molecule has 4 heteroatoms. The number of hydrogen-bond donors (Lipinski definition) is 3. The van der Waals surface area contributed by atoms with E-state index in [0.717, 1.165) is 43.2 Å². The van der Waals surface area contributed by atoms with Crippen LogP contribution in [0.5, 0.6) is 11.5 Å². The number of aliphatic hydroxyl groups is 1. The molecule has 186 valence electrons. The number of rotatable bonds is 13. The lowest BCUT2D eigenvalue weighted by atomic mass is 9.88. The van der Waals surface area contributed by atoms with Gasteiger partial charge in [0.25, 0.3) is 0 Å². The van der Waals surface area contributed by atoms with E-state index < -0.39 is 5.60 Å². The summed E-state index contributed by atoms with van der Waals surface area (Å²) < 4.78 is 12.4. The summed E-state index contributed by atoms with van der Waals surface area (Å²) in [5.41, 5.74) is 5.43. The molecule has 0 aliphatic heterocycles. The van der Waals surface area contributed by atoms with Crippen LogP contribution in [0.15, 0.2) is 34.9 Å². The molecule has 0 saturated carbocycles. The van der Waals surface area contributed by atoms with Gasteiger partial charge in [-0.25, -0.2) is 4.39 Å². The smallest absolute Gasteiger partial charge is 0.122 e. The Kier molecular flexibility index (Phi) is 11.9. The number of phenolic OH excluding ortho intramolecular Hbond substituents is 2. The van der Waals surface area contributed by atoms with E-state index in [9.17, 15) is 19.7 Å². The van der Waals surface area contributed by atoms with E-state index >= 15 is 0 Å². The standard InChI is InChI=1S/C29H45FO3/c1-20(13-9-14-22(3)19-30)11-8-12-21(2)15-10-17-29(7,33)18-16-26-25(6)27(31)23(4)24(5)28(26)32/h11,14-15,31-33H,8-10,12-13,16-19H2,1-7H3/b20-11+,21-15+,22-14+/t29-/m1/s1. The van der Waals surface area contributed by atoms with Crippen LogP contribution >= 0.6 is 0 Å². The van der Waals surface area contributed by atoms with Gasteiger partial charge in [0.1, 0.15) is 18.2 Å². The molecule has 0 saturated heterocycles. The van der Waals surface area contributed by atoms with E-state index in [1.54, 1.807) is 13.8 Å². The maximum atomic E-state index is 12.4. The van der Waals surface area contributed by atoms with E-state index in [2.05, 4.69) is 26.0 Å². The first-order chi connectivity index (χ1) is 15.4. The quantitative estimate of drug-likeness (QED) is 0.207. The van der Waals surface area contributed by atoms with Gasteiger partial charge in [0.15, 0.2) is 0 Å². The molecule has 0 aliphatic rings. The molecule has 1 rings (SSSR count). The molecule has 0 radical (unpaired) electrons. The van der Waals surface area contributed by atoms with E-state index in [1.807, 2.05) is 26.8 Å². The van der Waals surface area contributed by atoms with Crippen molar-refractivity contribution in [2.75, 3.05) is 6.67 Å². The van der Waals surface area contributed by atoms with Crippen molar-refractivity contribution in [3.63, 3.8) is 0 Å². The van der Waals surface area contributed by atoms with Crippen molar-refractivity contribution in [1.29, 1.82) is 0 Å². The highest BCUT2D eigenvalue weighted by molar-refractivity contribution is 5.56. The lowest BCUT2D eigenvalue weighted by Gasteiger charge is -2.24. The van der Waals surface area contributed by atoms with Crippen LogP contribution < -0.4 is 0 Å². The van der Waals surface area contributed by atoms with Gasteiger partial charge in [-0.2, -0.15) is 0 Å². The third-order valence-corrected chi connectivity index (χ3v) is 6.73. The summed E-state index contributed by atoms with van der Waals surface area (Å²) in [7, 11) is 0. The minimum atomic E-state index is -0.841. The van der Waals surface area contributed by atoms with Gasteiger partial charge in [-0.15, -0.1) is 0 Å². The van der Waals surface area contributed by atoms with Crippen molar-refractivity contribution in [2.45, 2.75) is 105 Å².